The maximum atomic E-state index is 13.7. The second kappa shape index (κ2) is 10.1. The molecule has 2 aromatic rings. The smallest absolute Gasteiger partial charge is 0.191 e. The van der Waals surface area contributed by atoms with E-state index in [0.717, 1.165) is 49.6 Å². The summed E-state index contributed by atoms with van der Waals surface area (Å²) in [5.74, 6) is 1.83. The number of halogens is 2. The molecule has 0 unspecified atom stereocenters. The number of hydrogen-bond acceptors (Lipinski definition) is 3. The average Bonchev–Trinajstić information content (AvgIpc) is 2.91. The molecular weight excluding hydrogens is 362 g/mol. The van der Waals surface area contributed by atoms with Gasteiger partial charge in [0.1, 0.15) is 23.3 Å². The summed E-state index contributed by atoms with van der Waals surface area (Å²) in [4.78, 5) is 4.36. The van der Waals surface area contributed by atoms with E-state index in [-0.39, 0.29) is 12.1 Å². The van der Waals surface area contributed by atoms with Gasteiger partial charge in [-0.25, -0.2) is 13.8 Å². The van der Waals surface area contributed by atoms with E-state index in [1.54, 1.807) is 0 Å². The molecule has 0 fully saturated rings. The molecule has 0 bridgehead atoms. The van der Waals surface area contributed by atoms with Gasteiger partial charge in [-0.2, -0.15) is 0 Å². The lowest BCUT2D eigenvalue weighted by Gasteiger charge is -2.12. The minimum atomic E-state index is -0.461. The zero-order chi connectivity index (χ0) is 19.8. The van der Waals surface area contributed by atoms with Crippen LogP contribution in [0, 0.1) is 11.6 Å². The van der Waals surface area contributed by atoms with E-state index < -0.39 is 11.6 Å². The van der Waals surface area contributed by atoms with E-state index in [4.69, 9.17) is 0 Å². The lowest BCUT2D eigenvalue weighted by Crippen LogP contribution is -2.38. The molecule has 0 saturated heterocycles. The van der Waals surface area contributed by atoms with Crippen molar-refractivity contribution < 1.29 is 8.78 Å². The van der Waals surface area contributed by atoms with Gasteiger partial charge >= 0.3 is 0 Å². The molecule has 0 spiro atoms. The number of aromatic nitrogens is 3. The summed E-state index contributed by atoms with van der Waals surface area (Å²) in [5, 5.41) is 15.1. The zero-order valence-corrected chi connectivity index (χ0v) is 16.3. The van der Waals surface area contributed by atoms with E-state index in [1.165, 1.54) is 25.3 Å². The highest BCUT2D eigenvalue weighted by Gasteiger charge is 2.14. The summed E-state index contributed by atoms with van der Waals surface area (Å²) in [6, 6.07) is 3.42. The van der Waals surface area contributed by atoms with Crippen LogP contribution in [0.3, 0.4) is 0 Å². The highest BCUT2D eigenvalue weighted by atomic mass is 19.1. The lowest BCUT2D eigenvalue weighted by molar-refractivity contribution is 0.585. The number of aryl methyl sites for hydroxylation is 2. The molecule has 0 atom stereocenters. The van der Waals surface area contributed by atoms with E-state index in [1.807, 2.05) is 6.92 Å². The van der Waals surface area contributed by atoms with E-state index in [2.05, 4.69) is 30.4 Å². The molecule has 6 nitrogen and oxygen atoms in total. The van der Waals surface area contributed by atoms with Crippen molar-refractivity contribution in [3.05, 3.63) is 47.0 Å². The Balaban J connectivity index is 1.51. The first-order valence-electron chi connectivity index (χ1n) is 10.0. The Bertz CT molecular complexity index is 802. The monoisotopic (exact) mass is 390 g/mol. The first kappa shape index (κ1) is 20.2. The summed E-state index contributed by atoms with van der Waals surface area (Å²) in [7, 11) is 0. The number of aliphatic imine (C=N–C) groups is 1. The van der Waals surface area contributed by atoms with Crippen molar-refractivity contribution in [2.24, 2.45) is 4.99 Å². The van der Waals surface area contributed by atoms with Crippen molar-refractivity contribution in [1.82, 2.24) is 25.4 Å². The van der Waals surface area contributed by atoms with Crippen LogP contribution in [0.25, 0.3) is 0 Å². The van der Waals surface area contributed by atoms with Gasteiger partial charge in [0.25, 0.3) is 0 Å². The van der Waals surface area contributed by atoms with Gasteiger partial charge in [0.2, 0.25) is 0 Å². The number of rotatable bonds is 7. The van der Waals surface area contributed by atoms with E-state index >= 15 is 0 Å². The Hall–Kier alpha value is -2.51. The van der Waals surface area contributed by atoms with Crippen LogP contribution < -0.4 is 10.6 Å². The predicted molar refractivity (Wildman–Crippen MR) is 105 cm³/mol. The molecule has 1 aromatic carbocycles. The van der Waals surface area contributed by atoms with Crippen LogP contribution in [-0.4, -0.2) is 33.8 Å². The molecule has 28 heavy (non-hydrogen) atoms. The van der Waals surface area contributed by atoms with Gasteiger partial charge < -0.3 is 15.2 Å². The highest BCUT2D eigenvalue weighted by molar-refractivity contribution is 5.79. The van der Waals surface area contributed by atoms with Gasteiger partial charge in [0.05, 0.1) is 6.54 Å². The molecule has 3 rings (SSSR count). The molecule has 1 aromatic heterocycles. The van der Waals surface area contributed by atoms with Crippen LogP contribution in [0.1, 0.15) is 49.8 Å². The second-order valence-corrected chi connectivity index (χ2v) is 6.96. The first-order valence-corrected chi connectivity index (χ1v) is 10.0. The third-order valence-electron chi connectivity index (χ3n) is 4.82. The van der Waals surface area contributed by atoms with Crippen molar-refractivity contribution >= 4 is 5.96 Å². The quantitative estimate of drug-likeness (QED) is 0.433. The molecule has 0 aliphatic carbocycles. The molecular formula is C20H28F2N6. The van der Waals surface area contributed by atoms with Gasteiger partial charge in [0.15, 0.2) is 5.96 Å². The summed E-state index contributed by atoms with van der Waals surface area (Å²) in [6.45, 7) is 4.45. The third-order valence-corrected chi connectivity index (χ3v) is 4.82. The van der Waals surface area contributed by atoms with Crippen LogP contribution >= 0.6 is 0 Å². The Labute approximate surface area is 164 Å². The largest absolute Gasteiger partial charge is 0.357 e. The van der Waals surface area contributed by atoms with Crippen LogP contribution in [0.5, 0.6) is 0 Å². The van der Waals surface area contributed by atoms with Crippen molar-refractivity contribution in [3.63, 3.8) is 0 Å². The van der Waals surface area contributed by atoms with Gasteiger partial charge in [-0.3, -0.25) is 0 Å². The van der Waals surface area contributed by atoms with E-state index in [9.17, 15) is 8.78 Å². The number of nitrogens with zero attached hydrogens (tertiary/aromatic N) is 4. The van der Waals surface area contributed by atoms with Gasteiger partial charge in [-0.05, 0) is 44.4 Å². The van der Waals surface area contributed by atoms with Crippen molar-refractivity contribution in [2.45, 2.75) is 58.5 Å². The number of guanidine groups is 1. The van der Waals surface area contributed by atoms with E-state index in [0.29, 0.717) is 19.0 Å². The fourth-order valence-electron chi connectivity index (χ4n) is 3.35. The van der Waals surface area contributed by atoms with Crippen LogP contribution in [-0.2, 0) is 25.9 Å². The molecule has 2 N–H and O–H groups in total. The summed E-state index contributed by atoms with van der Waals surface area (Å²) in [5.41, 5.74) is 0.239. The summed E-state index contributed by atoms with van der Waals surface area (Å²) in [6.07, 6.45) is 6.37. The van der Waals surface area contributed by atoms with Gasteiger partial charge in [0, 0.05) is 38.0 Å². The fourth-order valence-corrected chi connectivity index (χ4v) is 3.35. The first-order chi connectivity index (χ1) is 13.7. The summed E-state index contributed by atoms with van der Waals surface area (Å²) >= 11 is 0. The Morgan fingerprint density at radius 1 is 1.18 bits per heavy atom. The molecule has 8 heteroatoms. The number of benzene rings is 1. The zero-order valence-electron chi connectivity index (χ0n) is 16.3. The molecule has 0 radical (unpaired) electrons. The number of fused-ring (bicyclic) bond motifs is 1. The van der Waals surface area contributed by atoms with Crippen LogP contribution in [0.2, 0.25) is 0 Å². The topological polar surface area (TPSA) is 67.1 Å². The van der Waals surface area contributed by atoms with Crippen LogP contribution in [0.4, 0.5) is 8.78 Å². The maximum absolute atomic E-state index is 13.7. The normalized spacial score (nSPS) is 14.5. The standard InChI is InChI=1S/C20H28F2N6/c1-2-23-20(25-14-15-13-16(21)9-10-17(15)22)24-11-6-8-19-27-26-18-7-4-3-5-12-28(18)19/h9-10,13H,2-8,11-12,14H2,1H3,(H2,23,24,25). The molecule has 1 aliphatic heterocycles. The lowest BCUT2D eigenvalue weighted by atomic mass is 10.2. The van der Waals surface area contributed by atoms with Crippen LogP contribution in [0.15, 0.2) is 23.2 Å². The molecule has 0 amide bonds. The predicted octanol–water partition coefficient (Wildman–Crippen LogP) is 2.97. The van der Waals surface area contributed by atoms with Gasteiger partial charge in [-0.1, -0.05) is 6.42 Å². The molecule has 2 heterocycles. The Morgan fingerprint density at radius 2 is 2.07 bits per heavy atom. The number of nitrogens with one attached hydrogen (secondary N) is 2. The second-order valence-electron chi connectivity index (χ2n) is 6.96. The van der Waals surface area contributed by atoms with Crippen molar-refractivity contribution in [3.8, 4) is 0 Å². The minimum absolute atomic E-state index is 0.0800. The summed E-state index contributed by atoms with van der Waals surface area (Å²) < 4.78 is 29.3. The van der Waals surface area contributed by atoms with Crippen molar-refractivity contribution in [1.29, 1.82) is 0 Å². The minimum Gasteiger partial charge on any atom is -0.357 e. The number of hydrogen-bond donors (Lipinski definition) is 2. The average molecular weight is 390 g/mol. The third kappa shape index (κ3) is 5.50. The molecule has 1 aliphatic rings. The fraction of sp³-hybridized carbons (Fsp3) is 0.550. The molecule has 0 saturated carbocycles. The Kier molecular flexibility index (Phi) is 7.33. The Morgan fingerprint density at radius 3 is 2.93 bits per heavy atom. The van der Waals surface area contributed by atoms with Crippen molar-refractivity contribution in [2.75, 3.05) is 13.1 Å². The molecule has 152 valence electrons. The van der Waals surface area contributed by atoms with Gasteiger partial charge in [-0.15, -0.1) is 10.2 Å². The maximum Gasteiger partial charge on any atom is 0.191 e. The highest BCUT2D eigenvalue weighted by Crippen LogP contribution is 2.15. The SMILES string of the molecule is CCNC(=NCc1cc(F)ccc1F)NCCCc1nnc2n1CCCCC2.